The van der Waals surface area contributed by atoms with E-state index in [0.29, 0.717) is 13.1 Å². The van der Waals surface area contributed by atoms with Crippen LogP contribution in [0.1, 0.15) is 34.7 Å². The average molecular weight is 497 g/mol. The predicted molar refractivity (Wildman–Crippen MR) is 123 cm³/mol. The van der Waals surface area contributed by atoms with Crippen LogP contribution in [0.2, 0.25) is 15.2 Å². The zero-order valence-corrected chi connectivity index (χ0v) is 19.0. The maximum Gasteiger partial charge on any atom is 0.257 e. The van der Waals surface area contributed by atoms with E-state index in [0.717, 1.165) is 24.5 Å². The van der Waals surface area contributed by atoms with Crippen molar-refractivity contribution in [3.63, 3.8) is 0 Å². The van der Waals surface area contributed by atoms with Crippen molar-refractivity contribution >= 4 is 52.1 Å². The molecule has 0 saturated carbocycles. The molecule has 1 aliphatic rings. The second kappa shape index (κ2) is 9.61. The molecule has 0 bridgehead atoms. The largest absolute Gasteiger partial charge is 0.351 e. The second-order valence-corrected chi connectivity index (χ2v) is 8.69. The molecule has 0 spiro atoms. The highest BCUT2D eigenvalue weighted by atomic mass is 35.5. The van der Waals surface area contributed by atoms with Crippen LogP contribution in [-0.2, 0) is 0 Å². The summed E-state index contributed by atoms with van der Waals surface area (Å²) in [6.45, 7) is 1.02. The first kappa shape index (κ1) is 22.8. The van der Waals surface area contributed by atoms with Gasteiger partial charge in [0, 0.05) is 24.3 Å². The molecule has 2 aromatic carbocycles. The zero-order valence-electron chi connectivity index (χ0n) is 16.7. The first-order valence-electron chi connectivity index (χ1n) is 9.94. The number of benzene rings is 2. The Kier molecular flexibility index (Phi) is 6.84. The molecule has 4 rings (SSSR count). The van der Waals surface area contributed by atoms with Crippen molar-refractivity contribution in [2.24, 2.45) is 0 Å². The maximum atomic E-state index is 14.3. The second-order valence-electron chi connectivity index (χ2n) is 7.52. The zero-order chi connectivity index (χ0) is 22.8. The van der Waals surface area contributed by atoms with E-state index in [1.165, 1.54) is 30.5 Å². The molecule has 1 aliphatic heterocycles. The van der Waals surface area contributed by atoms with Crippen molar-refractivity contribution in [3.05, 3.63) is 86.6 Å². The summed E-state index contributed by atoms with van der Waals surface area (Å²) in [5.74, 6) is -0.913. The van der Waals surface area contributed by atoms with Crippen LogP contribution in [-0.4, -0.2) is 28.9 Å². The first-order valence-corrected chi connectivity index (χ1v) is 11.1. The summed E-state index contributed by atoms with van der Waals surface area (Å²) >= 11 is 18.2. The number of piperidine rings is 1. The van der Waals surface area contributed by atoms with E-state index in [2.05, 4.69) is 10.3 Å². The van der Waals surface area contributed by atoms with Gasteiger partial charge in [-0.3, -0.25) is 4.79 Å². The normalized spacial score (nSPS) is 14.5. The van der Waals surface area contributed by atoms with Gasteiger partial charge in [0.15, 0.2) is 0 Å². The Labute approximate surface area is 199 Å². The molecule has 1 fully saturated rings. The molecule has 0 unspecified atom stereocenters. The van der Waals surface area contributed by atoms with Crippen LogP contribution in [0.3, 0.4) is 0 Å². The Morgan fingerprint density at radius 3 is 2.38 bits per heavy atom. The summed E-state index contributed by atoms with van der Waals surface area (Å²) in [5.41, 5.74) is 1.52. The number of carbonyl (C=O) groups excluding carboxylic acids is 1. The third-order valence-electron chi connectivity index (χ3n) is 5.52. The molecule has 32 heavy (non-hydrogen) atoms. The van der Waals surface area contributed by atoms with Crippen molar-refractivity contribution < 1.29 is 13.6 Å². The monoisotopic (exact) mass is 495 g/mol. The van der Waals surface area contributed by atoms with Crippen LogP contribution in [0, 0.1) is 11.6 Å². The summed E-state index contributed by atoms with van der Waals surface area (Å²) in [7, 11) is 0. The highest BCUT2D eigenvalue weighted by molar-refractivity contribution is 6.43. The van der Waals surface area contributed by atoms with Crippen molar-refractivity contribution in [2.75, 3.05) is 18.4 Å². The molecule has 1 aromatic heterocycles. The predicted octanol–water partition coefficient (Wildman–Crippen LogP) is 7.08. The van der Waals surface area contributed by atoms with E-state index >= 15 is 0 Å². The minimum atomic E-state index is -0.597. The molecular weight excluding hydrogens is 479 g/mol. The van der Waals surface area contributed by atoms with Gasteiger partial charge in [0.1, 0.15) is 21.8 Å². The van der Waals surface area contributed by atoms with Gasteiger partial charge < -0.3 is 10.2 Å². The van der Waals surface area contributed by atoms with Crippen LogP contribution < -0.4 is 5.32 Å². The third-order valence-corrected chi connectivity index (χ3v) is 6.51. The summed E-state index contributed by atoms with van der Waals surface area (Å²) < 4.78 is 27.5. The molecule has 1 saturated heterocycles. The summed E-state index contributed by atoms with van der Waals surface area (Å²) in [4.78, 5) is 19.0. The number of rotatable bonds is 4. The van der Waals surface area contributed by atoms with Gasteiger partial charge in [-0.2, -0.15) is 0 Å². The van der Waals surface area contributed by atoms with Gasteiger partial charge in [0.2, 0.25) is 0 Å². The molecule has 0 atom stereocenters. The number of hydrogen-bond acceptors (Lipinski definition) is 3. The number of halogens is 5. The van der Waals surface area contributed by atoms with Gasteiger partial charge in [-0.25, -0.2) is 13.8 Å². The molecule has 9 heteroatoms. The summed E-state index contributed by atoms with van der Waals surface area (Å²) in [6.07, 6.45) is 2.81. The molecule has 0 aliphatic carbocycles. The highest BCUT2D eigenvalue weighted by Gasteiger charge is 2.28. The van der Waals surface area contributed by atoms with E-state index in [1.54, 1.807) is 17.0 Å². The lowest BCUT2D eigenvalue weighted by molar-refractivity contribution is 0.0713. The average Bonchev–Trinajstić information content (AvgIpc) is 2.79. The van der Waals surface area contributed by atoms with Gasteiger partial charge >= 0.3 is 0 Å². The number of likely N-dealkylation sites (tertiary alicyclic amines) is 1. The number of pyridine rings is 1. The molecule has 3 aromatic rings. The van der Waals surface area contributed by atoms with Crippen LogP contribution in [0.15, 0.2) is 48.7 Å². The van der Waals surface area contributed by atoms with Gasteiger partial charge in [-0.05, 0) is 54.7 Å². The number of amides is 1. The van der Waals surface area contributed by atoms with E-state index in [-0.39, 0.29) is 49.8 Å². The standard InChI is InChI=1S/C23H18Cl3F2N3O/c24-15-3-6-19(18(28)11-15)30-21-17(12-29-22(26)20(21)25)23(32)31-9-7-14(8-10-31)13-1-4-16(27)5-2-13/h1-6,11-12,14H,7-10H2,(H,29,30). The molecule has 1 N–H and O–H groups in total. The van der Waals surface area contributed by atoms with Gasteiger partial charge in [0.25, 0.3) is 5.91 Å². The minimum Gasteiger partial charge on any atom is -0.351 e. The van der Waals surface area contributed by atoms with Crippen LogP contribution >= 0.6 is 34.8 Å². The fourth-order valence-electron chi connectivity index (χ4n) is 3.79. The molecule has 2 heterocycles. The quantitative estimate of drug-likeness (QED) is 0.392. The van der Waals surface area contributed by atoms with Crippen molar-refractivity contribution in [3.8, 4) is 0 Å². The highest BCUT2D eigenvalue weighted by Crippen LogP contribution is 2.36. The lowest BCUT2D eigenvalue weighted by Gasteiger charge is -2.32. The number of hydrogen-bond donors (Lipinski definition) is 1. The number of nitrogens with zero attached hydrogens (tertiary/aromatic N) is 2. The number of anilines is 2. The Bertz CT molecular complexity index is 1150. The fourth-order valence-corrected chi connectivity index (χ4v) is 4.29. The van der Waals surface area contributed by atoms with E-state index in [9.17, 15) is 13.6 Å². The van der Waals surface area contributed by atoms with Crippen molar-refractivity contribution in [1.82, 2.24) is 9.88 Å². The van der Waals surface area contributed by atoms with E-state index < -0.39 is 5.82 Å². The molecule has 4 nitrogen and oxygen atoms in total. The maximum absolute atomic E-state index is 14.3. The number of carbonyl (C=O) groups is 1. The van der Waals surface area contributed by atoms with Gasteiger partial charge in [0.05, 0.1) is 16.9 Å². The number of aromatic nitrogens is 1. The first-order chi connectivity index (χ1) is 15.3. The Hall–Kier alpha value is -2.41. The van der Waals surface area contributed by atoms with Crippen LogP contribution in [0.4, 0.5) is 20.2 Å². The van der Waals surface area contributed by atoms with Gasteiger partial charge in [-0.1, -0.05) is 46.9 Å². The van der Waals surface area contributed by atoms with Crippen LogP contribution in [0.5, 0.6) is 0 Å². The van der Waals surface area contributed by atoms with Crippen molar-refractivity contribution in [2.45, 2.75) is 18.8 Å². The summed E-state index contributed by atoms with van der Waals surface area (Å²) in [5, 5.41) is 3.12. The summed E-state index contributed by atoms with van der Waals surface area (Å²) in [6, 6.07) is 10.6. The smallest absolute Gasteiger partial charge is 0.257 e. The lowest BCUT2D eigenvalue weighted by Crippen LogP contribution is -2.38. The van der Waals surface area contributed by atoms with E-state index in [4.69, 9.17) is 34.8 Å². The minimum absolute atomic E-state index is 0.00453. The van der Waals surface area contributed by atoms with Crippen LogP contribution in [0.25, 0.3) is 0 Å². The number of nitrogens with one attached hydrogen (secondary N) is 1. The Balaban J connectivity index is 1.55. The Morgan fingerprint density at radius 2 is 1.72 bits per heavy atom. The molecule has 0 radical (unpaired) electrons. The lowest BCUT2D eigenvalue weighted by atomic mass is 9.89. The molecular formula is C23H18Cl3F2N3O. The molecule has 1 amide bonds. The third kappa shape index (κ3) is 4.82. The SMILES string of the molecule is O=C(c1cnc(Cl)c(Cl)c1Nc1ccc(Cl)cc1F)N1CCC(c2ccc(F)cc2)CC1. The fraction of sp³-hybridized carbons (Fsp3) is 0.217. The van der Waals surface area contributed by atoms with Gasteiger partial charge in [-0.15, -0.1) is 0 Å². The topological polar surface area (TPSA) is 45.2 Å². The van der Waals surface area contributed by atoms with E-state index in [1.807, 2.05) is 0 Å². The Morgan fingerprint density at radius 1 is 1.03 bits per heavy atom. The van der Waals surface area contributed by atoms with Crippen molar-refractivity contribution in [1.29, 1.82) is 0 Å². The molecule has 166 valence electrons.